The van der Waals surface area contributed by atoms with E-state index < -0.39 is 0 Å². The van der Waals surface area contributed by atoms with E-state index in [1.807, 2.05) is 6.92 Å². The van der Waals surface area contributed by atoms with Crippen LogP contribution in [0.4, 0.5) is 0 Å². The normalized spacial score (nSPS) is 21.9. The maximum absolute atomic E-state index is 5.83. The van der Waals surface area contributed by atoms with Crippen molar-refractivity contribution < 1.29 is 4.74 Å². The molecule has 1 aliphatic heterocycles. The first-order chi connectivity index (χ1) is 7.16. The van der Waals surface area contributed by atoms with Gasteiger partial charge in [-0.05, 0) is 45.4 Å². The molecule has 0 aliphatic carbocycles. The first kappa shape index (κ1) is 10.4. The van der Waals surface area contributed by atoms with Gasteiger partial charge in [0.05, 0.1) is 6.20 Å². The number of aromatic nitrogens is 1. The monoisotopic (exact) mass is 206 g/mol. The Morgan fingerprint density at radius 3 is 2.80 bits per heavy atom. The second-order valence-corrected chi connectivity index (χ2v) is 4.25. The highest BCUT2D eigenvalue weighted by Crippen LogP contribution is 2.18. The van der Waals surface area contributed by atoms with Crippen LogP contribution in [0.25, 0.3) is 0 Å². The first-order valence-electron chi connectivity index (χ1n) is 5.50. The fourth-order valence-electron chi connectivity index (χ4n) is 1.69. The van der Waals surface area contributed by atoms with Gasteiger partial charge in [-0.3, -0.25) is 4.98 Å². The van der Waals surface area contributed by atoms with Gasteiger partial charge < -0.3 is 10.1 Å². The largest absolute Gasteiger partial charge is 0.487 e. The van der Waals surface area contributed by atoms with Crippen LogP contribution in [0.15, 0.2) is 12.3 Å². The number of aryl methyl sites for hydroxylation is 2. The summed E-state index contributed by atoms with van der Waals surface area (Å²) in [6, 6.07) is 2.56. The van der Waals surface area contributed by atoms with Crippen LogP contribution >= 0.6 is 0 Å². The van der Waals surface area contributed by atoms with E-state index in [9.17, 15) is 0 Å². The number of nitrogens with zero attached hydrogens (tertiary/aromatic N) is 1. The van der Waals surface area contributed by atoms with Gasteiger partial charge in [0.2, 0.25) is 0 Å². The van der Waals surface area contributed by atoms with Gasteiger partial charge in [-0.25, -0.2) is 0 Å². The van der Waals surface area contributed by atoms with Gasteiger partial charge in [-0.1, -0.05) is 0 Å². The predicted molar refractivity (Wildman–Crippen MR) is 60.2 cm³/mol. The van der Waals surface area contributed by atoms with Gasteiger partial charge in [0.25, 0.3) is 0 Å². The lowest BCUT2D eigenvalue weighted by Crippen LogP contribution is -2.51. The summed E-state index contributed by atoms with van der Waals surface area (Å²) >= 11 is 0. The average molecular weight is 206 g/mol. The van der Waals surface area contributed by atoms with Crippen molar-refractivity contribution in [3.05, 3.63) is 23.5 Å². The van der Waals surface area contributed by atoms with Crippen molar-refractivity contribution in [2.24, 2.45) is 0 Å². The quantitative estimate of drug-likeness (QED) is 0.819. The molecule has 1 aromatic rings. The van der Waals surface area contributed by atoms with Crippen LogP contribution in [0.1, 0.15) is 24.6 Å². The van der Waals surface area contributed by atoms with E-state index >= 15 is 0 Å². The summed E-state index contributed by atoms with van der Waals surface area (Å²) in [7, 11) is 0. The maximum atomic E-state index is 5.83. The molecule has 2 rings (SSSR count). The van der Waals surface area contributed by atoms with Crippen LogP contribution in [-0.4, -0.2) is 23.7 Å². The Morgan fingerprint density at radius 1 is 1.53 bits per heavy atom. The molecule has 3 heteroatoms. The zero-order valence-electron chi connectivity index (χ0n) is 9.58. The van der Waals surface area contributed by atoms with Crippen LogP contribution in [0.2, 0.25) is 0 Å². The van der Waals surface area contributed by atoms with Crippen molar-refractivity contribution in [1.29, 1.82) is 0 Å². The van der Waals surface area contributed by atoms with E-state index in [2.05, 4.69) is 30.2 Å². The molecule has 0 saturated carbocycles. The summed E-state index contributed by atoms with van der Waals surface area (Å²) in [5.74, 6) is 0.874. The molecule has 3 nitrogen and oxygen atoms in total. The van der Waals surface area contributed by atoms with Crippen molar-refractivity contribution >= 4 is 0 Å². The molecule has 1 aromatic heterocycles. The molecule has 1 aliphatic rings. The highest BCUT2D eigenvalue weighted by Gasteiger charge is 2.24. The summed E-state index contributed by atoms with van der Waals surface area (Å²) in [6.45, 7) is 7.28. The smallest absolute Gasteiger partial charge is 0.138 e. The van der Waals surface area contributed by atoms with Gasteiger partial charge in [-0.2, -0.15) is 0 Å². The topological polar surface area (TPSA) is 34.1 Å². The highest BCUT2D eigenvalue weighted by atomic mass is 16.5. The van der Waals surface area contributed by atoms with E-state index in [1.165, 1.54) is 12.0 Å². The Bertz CT molecular complexity index is 347. The van der Waals surface area contributed by atoms with Gasteiger partial charge in [0, 0.05) is 11.7 Å². The van der Waals surface area contributed by atoms with Crippen LogP contribution in [0.3, 0.4) is 0 Å². The molecule has 0 spiro atoms. The average Bonchev–Trinajstić information content (AvgIpc) is 2.08. The number of nitrogens with one attached hydrogen (secondary N) is 1. The first-order valence-corrected chi connectivity index (χ1v) is 5.50. The van der Waals surface area contributed by atoms with E-state index in [0.717, 1.165) is 18.0 Å². The number of hydrogen-bond donors (Lipinski definition) is 1. The fraction of sp³-hybridized carbons (Fsp3) is 0.583. The molecule has 2 atom stereocenters. The Morgan fingerprint density at radius 2 is 2.27 bits per heavy atom. The standard InChI is InChI=1S/C12H18N2O/c1-8-6-11(7-14-9(8)2)15-10(3)12-4-5-13-12/h6-7,10,12-13H,4-5H2,1-3H3/t10?,12-/m1/s1. The molecule has 0 amide bonds. The molecule has 82 valence electrons. The second kappa shape index (κ2) is 4.19. The Kier molecular flexibility index (Phi) is 2.91. The molecule has 1 N–H and O–H groups in total. The minimum atomic E-state index is 0.225. The van der Waals surface area contributed by atoms with E-state index in [4.69, 9.17) is 4.74 Å². The lowest BCUT2D eigenvalue weighted by atomic mass is 10.0. The summed E-state index contributed by atoms with van der Waals surface area (Å²) in [4.78, 5) is 4.29. The van der Waals surface area contributed by atoms with Crippen molar-refractivity contribution in [3.63, 3.8) is 0 Å². The SMILES string of the molecule is Cc1cc(OC(C)[C@H]2CCN2)cnc1C. The second-order valence-electron chi connectivity index (χ2n) is 4.25. The lowest BCUT2D eigenvalue weighted by molar-refractivity contribution is 0.133. The van der Waals surface area contributed by atoms with Crippen LogP contribution in [-0.2, 0) is 0 Å². The van der Waals surface area contributed by atoms with Gasteiger partial charge >= 0.3 is 0 Å². The molecular formula is C12H18N2O. The fourth-order valence-corrected chi connectivity index (χ4v) is 1.69. The third kappa shape index (κ3) is 2.29. The van der Waals surface area contributed by atoms with Crippen molar-refractivity contribution in [2.45, 2.75) is 39.3 Å². The minimum absolute atomic E-state index is 0.225. The van der Waals surface area contributed by atoms with Gasteiger partial charge in [-0.15, -0.1) is 0 Å². The van der Waals surface area contributed by atoms with Crippen LogP contribution in [0.5, 0.6) is 5.75 Å². The highest BCUT2D eigenvalue weighted by molar-refractivity contribution is 5.27. The number of ether oxygens (including phenoxy) is 1. The number of pyridine rings is 1. The molecule has 0 radical (unpaired) electrons. The predicted octanol–water partition coefficient (Wildman–Crippen LogP) is 1.83. The number of hydrogen-bond acceptors (Lipinski definition) is 3. The summed E-state index contributed by atoms with van der Waals surface area (Å²) in [5.41, 5.74) is 2.25. The van der Waals surface area contributed by atoms with E-state index in [1.54, 1.807) is 6.20 Å². The van der Waals surface area contributed by atoms with Crippen molar-refractivity contribution in [1.82, 2.24) is 10.3 Å². The Labute approximate surface area is 90.9 Å². The molecule has 0 bridgehead atoms. The third-order valence-corrected chi connectivity index (χ3v) is 3.07. The summed E-state index contributed by atoms with van der Waals surface area (Å²) in [5, 5.41) is 3.35. The zero-order chi connectivity index (χ0) is 10.8. The molecule has 1 saturated heterocycles. The molecular weight excluding hydrogens is 188 g/mol. The van der Waals surface area contributed by atoms with Crippen LogP contribution in [0, 0.1) is 13.8 Å². The Hall–Kier alpha value is -1.09. The molecule has 15 heavy (non-hydrogen) atoms. The van der Waals surface area contributed by atoms with E-state index in [-0.39, 0.29) is 6.10 Å². The lowest BCUT2D eigenvalue weighted by Gasteiger charge is -2.33. The van der Waals surface area contributed by atoms with Crippen LogP contribution < -0.4 is 10.1 Å². The molecule has 2 heterocycles. The summed E-state index contributed by atoms with van der Waals surface area (Å²) in [6.07, 6.45) is 3.24. The molecule has 0 aromatic carbocycles. The molecule has 1 unspecified atom stereocenters. The number of rotatable bonds is 3. The van der Waals surface area contributed by atoms with Gasteiger partial charge in [0.1, 0.15) is 11.9 Å². The maximum Gasteiger partial charge on any atom is 0.138 e. The zero-order valence-corrected chi connectivity index (χ0v) is 9.58. The Balaban J connectivity index is 2.00. The van der Waals surface area contributed by atoms with Crippen molar-refractivity contribution in [3.8, 4) is 5.75 Å². The summed E-state index contributed by atoms with van der Waals surface area (Å²) < 4.78 is 5.83. The molecule has 1 fully saturated rings. The van der Waals surface area contributed by atoms with E-state index in [0.29, 0.717) is 6.04 Å². The van der Waals surface area contributed by atoms with Crippen molar-refractivity contribution in [2.75, 3.05) is 6.54 Å². The van der Waals surface area contributed by atoms with Gasteiger partial charge in [0.15, 0.2) is 0 Å². The minimum Gasteiger partial charge on any atom is -0.487 e. The third-order valence-electron chi connectivity index (χ3n) is 3.07.